The van der Waals surface area contributed by atoms with E-state index in [9.17, 15) is 8.42 Å². The third-order valence-electron chi connectivity index (χ3n) is 3.23. The van der Waals surface area contributed by atoms with Crippen LogP contribution in [0.15, 0.2) is 41.3 Å². The van der Waals surface area contributed by atoms with Crippen LogP contribution in [0.5, 0.6) is 17.2 Å². The second-order valence-corrected chi connectivity index (χ2v) is 6.87. The van der Waals surface area contributed by atoms with E-state index in [0.717, 1.165) is 0 Å². The van der Waals surface area contributed by atoms with Crippen LogP contribution in [0.1, 0.15) is 0 Å². The number of anilines is 1. The van der Waals surface area contributed by atoms with Crippen LogP contribution in [0.4, 0.5) is 5.69 Å². The molecule has 0 amide bonds. The highest BCUT2D eigenvalue weighted by atomic mass is 35.5. The smallest absolute Gasteiger partial charge is 0.262 e. The van der Waals surface area contributed by atoms with E-state index in [1.807, 2.05) is 0 Å². The largest absolute Gasteiger partial charge is 0.495 e. The Labute approximate surface area is 139 Å². The molecule has 0 aromatic heterocycles. The molecule has 0 fully saturated rings. The van der Waals surface area contributed by atoms with Gasteiger partial charge in [-0.15, -0.1) is 0 Å². The molecular formula is C15H14ClNO5S. The molecule has 0 saturated heterocycles. The lowest BCUT2D eigenvalue weighted by atomic mass is 10.3. The van der Waals surface area contributed by atoms with Crippen LogP contribution in [0, 0.1) is 0 Å². The summed E-state index contributed by atoms with van der Waals surface area (Å²) in [6.45, 7) is 0.823. The Morgan fingerprint density at radius 2 is 1.83 bits per heavy atom. The van der Waals surface area contributed by atoms with Crippen LogP contribution in [0.2, 0.25) is 5.02 Å². The number of halogens is 1. The van der Waals surface area contributed by atoms with Crippen molar-refractivity contribution in [3.8, 4) is 17.2 Å². The summed E-state index contributed by atoms with van der Waals surface area (Å²) < 4.78 is 43.5. The van der Waals surface area contributed by atoms with Crippen molar-refractivity contribution in [3.05, 3.63) is 41.4 Å². The molecule has 1 heterocycles. The van der Waals surface area contributed by atoms with Gasteiger partial charge in [-0.1, -0.05) is 11.6 Å². The molecule has 0 unspecified atom stereocenters. The Balaban J connectivity index is 1.95. The van der Waals surface area contributed by atoms with E-state index in [1.54, 1.807) is 18.2 Å². The Morgan fingerprint density at radius 1 is 1.09 bits per heavy atom. The summed E-state index contributed by atoms with van der Waals surface area (Å²) >= 11 is 5.92. The van der Waals surface area contributed by atoms with Crippen molar-refractivity contribution >= 4 is 27.3 Å². The predicted molar refractivity (Wildman–Crippen MR) is 86.2 cm³/mol. The van der Waals surface area contributed by atoms with E-state index >= 15 is 0 Å². The maximum absolute atomic E-state index is 12.6. The van der Waals surface area contributed by atoms with Gasteiger partial charge >= 0.3 is 0 Å². The van der Waals surface area contributed by atoms with Gasteiger partial charge in [-0.3, -0.25) is 4.72 Å². The lowest BCUT2D eigenvalue weighted by Gasteiger charge is -2.19. The topological polar surface area (TPSA) is 73.9 Å². The highest BCUT2D eigenvalue weighted by molar-refractivity contribution is 7.92. The fourth-order valence-corrected chi connectivity index (χ4v) is 3.40. The van der Waals surface area contributed by atoms with Gasteiger partial charge in [-0.2, -0.15) is 0 Å². The first-order valence-electron chi connectivity index (χ1n) is 6.75. The zero-order chi connectivity index (χ0) is 16.4. The molecule has 3 rings (SSSR count). The van der Waals surface area contributed by atoms with Crippen LogP contribution < -0.4 is 18.9 Å². The lowest BCUT2D eigenvalue weighted by Crippen LogP contribution is -2.17. The summed E-state index contributed by atoms with van der Waals surface area (Å²) in [6, 6.07) is 9.13. The van der Waals surface area contributed by atoms with Crippen molar-refractivity contribution in [1.29, 1.82) is 0 Å². The number of fused-ring (bicyclic) bond motifs is 1. The van der Waals surface area contributed by atoms with E-state index in [2.05, 4.69) is 4.72 Å². The summed E-state index contributed by atoms with van der Waals surface area (Å²) in [7, 11) is -2.37. The number of rotatable bonds is 4. The van der Waals surface area contributed by atoms with Crippen LogP contribution in [0.25, 0.3) is 0 Å². The SMILES string of the molecule is COc1ccc(Cl)cc1NS(=O)(=O)c1ccc2c(c1)OCCO2. The highest BCUT2D eigenvalue weighted by Crippen LogP contribution is 2.34. The molecule has 2 aromatic rings. The molecule has 0 aliphatic carbocycles. The first-order valence-corrected chi connectivity index (χ1v) is 8.62. The van der Waals surface area contributed by atoms with Gasteiger partial charge in [-0.05, 0) is 30.3 Å². The van der Waals surface area contributed by atoms with E-state index in [0.29, 0.717) is 35.5 Å². The normalized spacial score (nSPS) is 13.5. The maximum Gasteiger partial charge on any atom is 0.262 e. The molecule has 8 heteroatoms. The van der Waals surface area contributed by atoms with Crippen LogP contribution >= 0.6 is 11.6 Å². The molecule has 2 aromatic carbocycles. The van der Waals surface area contributed by atoms with E-state index in [1.165, 1.54) is 25.3 Å². The summed E-state index contributed by atoms with van der Waals surface area (Å²) in [5.41, 5.74) is 0.259. The number of hydrogen-bond donors (Lipinski definition) is 1. The second-order valence-electron chi connectivity index (χ2n) is 4.76. The molecule has 6 nitrogen and oxygen atoms in total. The molecule has 23 heavy (non-hydrogen) atoms. The maximum atomic E-state index is 12.6. The van der Waals surface area contributed by atoms with Gasteiger partial charge in [0.25, 0.3) is 10.0 Å². The van der Waals surface area contributed by atoms with Crippen molar-refractivity contribution < 1.29 is 22.6 Å². The lowest BCUT2D eigenvalue weighted by molar-refractivity contribution is 0.171. The molecule has 0 saturated carbocycles. The highest BCUT2D eigenvalue weighted by Gasteiger charge is 2.20. The number of ether oxygens (including phenoxy) is 3. The fraction of sp³-hybridized carbons (Fsp3) is 0.200. The molecule has 0 atom stereocenters. The number of benzene rings is 2. The summed E-state index contributed by atoms with van der Waals surface area (Å²) in [5.74, 6) is 1.29. The van der Waals surface area contributed by atoms with Gasteiger partial charge in [-0.25, -0.2) is 8.42 Å². The molecule has 1 N–H and O–H groups in total. The average Bonchev–Trinajstić information content (AvgIpc) is 2.54. The summed E-state index contributed by atoms with van der Waals surface area (Å²) in [6.07, 6.45) is 0. The van der Waals surface area contributed by atoms with Crippen LogP contribution in [0.3, 0.4) is 0 Å². The molecule has 1 aliphatic rings. The summed E-state index contributed by atoms with van der Waals surface area (Å²) in [4.78, 5) is 0.0591. The third kappa shape index (κ3) is 3.30. The van der Waals surface area contributed by atoms with Gasteiger partial charge in [0.1, 0.15) is 19.0 Å². The molecule has 122 valence electrons. The van der Waals surface area contributed by atoms with Crippen LogP contribution in [-0.2, 0) is 10.0 Å². The van der Waals surface area contributed by atoms with Crippen molar-refractivity contribution in [3.63, 3.8) is 0 Å². The first kappa shape index (κ1) is 15.8. The Morgan fingerprint density at radius 3 is 2.57 bits per heavy atom. The molecular weight excluding hydrogens is 342 g/mol. The monoisotopic (exact) mass is 355 g/mol. The van der Waals surface area contributed by atoms with E-state index in [-0.39, 0.29) is 10.6 Å². The van der Waals surface area contributed by atoms with Crippen LogP contribution in [-0.4, -0.2) is 28.7 Å². The number of sulfonamides is 1. The van der Waals surface area contributed by atoms with Gasteiger partial charge < -0.3 is 14.2 Å². The van der Waals surface area contributed by atoms with Crippen molar-refractivity contribution in [2.45, 2.75) is 4.90 Å². The molecule has 1 aliphatic heterocycles. The fourth-order valence-electron chi connectivity index (χ4n) is 2.15. The Bertz CT molecular complexity index is 838. The quantitative estimate of drug-likeness (QED) is 0.912. The zero-order valence-electron chi connectivity index (χ0n) is 12.2. The number of nitrogens with one attached hydrogen (secondary N) is 1. The third-order valence-corrected chi connectivity index (χ3v) is 4.83. The van der Waals surface area contributed by atoms with Gasteiger partial charge in [0.2, 0.25) is 0 Å². The van der Waals surface area contributed by atoms with Crippen molar-refractivity contribution in [1.82, 2.24) is 0 Å². The van der Waals surface area contributed by atoms with Gasteiger partial charge in [0.15, 0.2) is 11.5 Å². The summed E-state index contributed by atoms with van der Waals surface area (Å²) in [5, 5.41) is 0.394. The molecule has 0 spiro atoms. The first-order chi connectivity index (χ1) is 11.0. The predicted octanol–water partition coefficient (Wildman–Crippen LogP) is 2.92. The molecule has 0 bridgehead atoms. The zero-order valence-corrected chi connectivity index (χ0v) is 13.8. The van der Waals surface area contributed by atoms with E-state index in [4.69, 9.17) is 25.8 Å². The second kappa shape index (κ2) is 6.17. The molecule has 0 radical (unpaired) electrons. The standard InChI is InChI=1S/C15H14ClNO5S/c1-20-13-4-2-10(16)8-12(13)17-23(18,19)11-3-5-14-15(9-11)22-7-6-21-14/h2-5,8-9,17H,6-7H2,1H3. The number of hydrogen-bond acceptors (Lipinski definition) is 5. The Hall–Kier alpha value is -2.12. The number of methoxy groups -OCH3 is 1. The minimum atomic E-state index is -3.82. The average molecular weight is 356 g/mol. The van der Waals surface area contributed by atoms with E-state index < -0.39 is 10.0 Å². The van der Waals surface area contributed by atoms with Crippen molar-refractivity contribution in [2.75, 3.05) is 25.0 Å². The van der Waals surface area contributed by atoms with Crippen molar-refractivity contribution in [2.24, 2.45) is 0 Å². The van der Waals surface area contributed by atoms with Gasteiger partial charge in [0, 0.05) is 11.1 Å². The minimum Gasteiger partial charge on any atom is -0.495 e. The Kier molecular flexibility index (Phi) is 4.23. The minimum absolute atomic E-state index is 0.0591. The van der Waals surface area contributed by atoms with Gasteiger partial charge in [0.05, 0.1) is 17.7 Å².